The van der Waals surface area contributed by atoms with E-state index in [1.807, 2.05) is 23.9 Å². The zero-order valence-electron chi connectivity index (χ0n) is 16.5. The highest BCUT2D eigenvalue weighted by atomic mass is 32.2. The van der Waals surface area contributed by atoms with E-state index in [0.29, 0.717) is 25.3 Å². The maximum atomic E-state index is 12.3. The van der Waals surface area contributed by atoms with Gasteiger partial charge in [0.2, 0.25) is 11.8 Å². The normalized spacial score (nSPS) is 17.8. The molecule has 1 aliphatic heterocycles. The third kappa shape index (κ3) is 5.74. The topological polar surface area (TPSA) is 52.7 Å². The zero-order valence-corrected chi connectivity index (χ0v) is 17.4. The first-order valence-corrected chi connectivity index (χ1v) is 10.2. The van der Waals surface area contributed by atoms with Gasteiger partial charge in [-0.2, -0.15) is 0 Å². The van der Waals surface area contributed by atoms with Gasteiger partial charge in [-0.05, 0) is 30.6 Å². The number of thioether (sulfide) groups is 1. The van der Waals surface area contributed by atoms with Crippen LogP contribution in [-0.2, 0) is 15.0 Å². The fraction of sp³-hybridized carbons (Fsp3) is 0.600. The highest BCUT2D eigenvalue weighted by Gasteiger charge is 2.33. The molecular weight excluding hydrogens is 346 g/mol. The fourth-order valence-electron chi connectivity index (χ4n) is 2.85. The second-order valence-corrected chi connectivity index (χ2v) is 9.09. The van der Waals surface area contributed by atoms with Gasteiger partial charge < -0.3 is 15.1 Å². The summed E-state index contributed by atoms with van der Waals surface area (Å²) in [7, 11) is 3.95. The molecule has 1 atom stereocenters. The maximum Gasteiger partial charge on any atom is 0.233 e. The molecule has 1 saturated heterocycles. The molecule has 1 heterocycles. The van der Waals surface area contributed by atoms with Crippen molar-refractivity contribution >= 4 is 23.6 Å². The largest absolute Gasteiger partial charge is 0.355 e. The summed E-state index contributed by atoms with van der Waals surface area (Å²) in [6, 6.07) is 8.51. The van der Waals surface area contributed by atoms with Crippen LogP contribution in [0.5, 0.6) is 0 Å². The molecule has 1 aromatic carbocycles. The van der Waals surface area contributed by atoms with Crippen molar-refractivity contribution in [1.82, 2.24) is 15.1 Å². The van der Waals surface area contributed by atoms with E-state index in [9.17, 15) is 9.59 Å². The Balaban J connectivity index is 1.94. The Hall–Kier alpha value is -1.53. The van der Waals surface area contributed by atoms with E-state index in [1.165, 1.54) is 5.56 Å². The van der Waals surface area contributed by atoms with Crippen LogP contribution in [0.1, 0.15) is 43.7 Å². The van der Waals surface area contributed by atoms with Gasteiger partial charge in [-0.25, -0.2) is 0 Å². The molecule has 144 valence electrons. The predicted molar refractivity (Wildman–Crippen MR) is 108 cm³/mol. The van der Waals surface area contributed by atoms with E-state index in [-0.39, 0.29) is 22.6 Å². The first kappa shape index (κ1) is 20.8. The predicted octanol–water partition coefficient (Wildman–Crippen LogP) is 2.63. The van der Waals surface area contributed by atoms with Gasteiger partial charge >= 0.3 is 0 Å². The third-order valence-corrected chi connectivity index (χ3v) is 5.75. The zero-order chi connectivity index (χ0) is 19.3. The van der Waals surface area contributed by atoms with Crippen LogP contribution in [-0.4, -0.2) is 61.1 Å². The summed E-state index contributed by atoms with van der Waals surface area (Å²) in [5.41, 5.74) is 2.52. The van der Waals surface area contributed by atoms with Gasteiger partial charge in [-0.3, -0.25) is 9.59 Å². The van der Waals surface area contributed by atoms with Gasteiger partial charge in [-0.1, -0.05) is 45.0 Å². The van der Waals surface area contributed by atoms with Crippen molar-refractivity contribution < 1.29 is 9.59 Å². The van der Waals surface area contributed by atoms with Gasteiger partial charge in [0.1, 0.15) is 5.37 Å². The van der Waals surface area contributed by atoms with Crippen LogP contribution in [0.25, 0.3) is 0 Å². The Morgan fingerprint density at radius 2 is 1.92 bits per heavy atom. The Labute approximate surface area is 161 Å². The molecule has 0 radical (unpaired) electrons. The number of hydrogen-bond donors (Lipinski definition) is 1. The maximum absolute atomic E-state index is 12.3. The highest BCUT2D eigenvalue weighted by Crippen LogP contribution is 2.39. The average Bonchev–Trinajstić information content (AvgIpc) is 2.92. The van der Waals surface area contributed by atoms with Gasteiger partial charge in [0, 0.05) is 26.1 Å². The number of rotatable bonds is 7. The lowest BCUT2D eigenvalue weighted by molar-refractivity contribution is -0.129. The number of likely N-dealkylation sites (N-methyl/N-ethyl adjacent to an activating group) is 1. The standard InChI is InChI=1S/C20H31N3O2S/c1-20(2,3)16-8-6-15(7-9-16)19-23(18(25)14-26-19)12-10-17(24)21-11-13-22(4)5/h6-9,19H,10-14H2,1-5H3,(H,21,24)/t19-/m1/s1. The number of amides is 2. The molecule has 0 unspecified atom stereocenters. The first-order chi connectivity index (χ1) is 12.2. The van der Waals surface area contributed by atoms with E-state index in [4.69, 9.17) is 0 Å². The summed E-state index contributed by atoms with van der Waals surface area (Å²) in [6.07, 6.45) is 0.344. The summed E-state index contributed by atoms with van der Waals surface area (Å²) in [4.78, 5) is 28.1. The Kier molecular flexibility index (Phi) is 7.12. The van der Waals surface area contributed by atoms with Crippen molar-refractivity contribution in [3.63, 3.8) is 0 Å². The molecule has 26 heavy (non-hydrogen) atoms. The molecule has 0 saturated carbocycles. The van der Waals surface area contributed by atoms with Crippen molar-refractivity contribution in [2.75, 3.05) is 39.5 Å². The Morgan fingerprint density at radius 3 is 2.50 bits per heavy atom. The minimum absolute atomic E-state index is 0.00150. The molecule has 6 heteroatoms. The number of carbonyl (C=O) groups excluding carboxylic acids is 2. The molecule has 0 spiro atoms. The van der Waals surface area contributed by atoms with Crippen molar-refractivity contribution in [2.45, 2.75) is 38.0 Å². The molecule has 5 nitrogen and oxygen atoms in total. The Bertz CT molecular complexity index is 623. The molecular formula is C20H31N3O2S. The first-order valence-electron chi connectivity index (χ1n) is 9.11. The smallest absolute Gasteiger partial charge is 0.233 e. The van der Waals surface area contributed by atoms with Crippen LogP contribution in [0.4, 0.5) is 0 Å². The van der Waals surface area contributed by atoms with Gasteiger partial charge in [0.05, 0.1) is 5.75 Å². The summed E-state index contributed by atoms with van der Waals surface area (Å²) < 4.78 is 0. The molecule has 1 N–H and O–H groups in total. The van der Waals surface area contributed by atoms with Crippen LogP contribution in [0.3, 0.4) is 0 Å². The van der Waals surface area contributed by atoms with Crippen LogP contribution in [0.2, 0.25) is 0 Å². The third-order valence-electron chi connectivity index (χ3n) is 4.49. The van der Waals surface area contributed by atoms with Crippen LogP contribution < -0.4 is 5.32 Å². The lowest BCUT2D eigenvalue weighted by Gasteiger charge is -2.25. The van der Waals surface area contributed by atoms with E-state index in [1.54, 1.807) is 11.8 Å². The van der Waals surface area contributed by atoms with Crippen molar-refractivity contribution in [2.24, 2.45) is 0 Å². The van der Waals surface area contributed by atoms with Crippen molar-refractivity contribution in [1.29, 1.82) is 0 Å². The van der Waals surface area contributed by atoms with E-state index in [0.717, 1.165) is 12.1 Å². The van der Waals surface area contributed by atoms with E-state index < -0.39 is 0 Å². The molecule has 1 aliphatic rings. The van der Waals surface area contributed by atoms with Crippen LogP contribution in [0.15, 0.2) is 24.3 Å². The molecule has 0 bridgehead atoms. The fourth-order valence-corrected chi connectivity index (χ4v) is 4.07. The molecule has 1 fully saturated rings. The Morgan fingerprint density at radius 1 is 1.27 bits per heavy atom. The number of nitrogens with one attached hydrogen (secondary N) is 1. The molecule has 2 amide bonds. The lowest BCUT2D eigenvalue weighted by atomic mass is 9.86. The number of benzene rings is 1. The number of carbonyl (C=O) groups is 2. The molecule has 0 aromatic heterocycles. The summed E-state index contributed by atoms with van der Waals surface area (Å²) in [5, 5.41) is 2.91. The second-order valence-electron chi connectivity index (χ2n) is 8.03. The van der Waals surface area contributed by atoms with Crippen LogP contribution in [0, 0.1) is 0 Å². The van der Waals surface area contributed by atoms with Gasteiger partial charge in [-0.15, -0.1) is 11.8 Å². The molecule has 0 aliphatic carbocycles. The number of hydrogen-bond acceptors (Lipinski definition) is 4. The van der Waals surface area contributed by atoms with Crippen LogP contribution >= 0.6 is 11.8 Å². The minimum atomic E-state index is -0.00150. The molecule has 2 rings (SSSR count). The minimum Gasteiger partial charge on any atom is -0.355 e. The van der Waals surface area contributed by atoms with Crippen molar-refractivity contribution in [3.8, 4) is 0 Å². The quantitative estimate of drug-likeness (QED) is 0.794. The summed E-state index contributed by atoms with van der Waals surface area (Å²) in [6.45, 7) is 8.48. The van der Waals surface area contributed by atoms with E-state index in [2.05, 4.69) is 50.4 Å². The summed E-state index contributed by atoms with van der Waals surface area (Å²) in [5.74, 6) is 0.591. The summed E-state index contributed by atoms with van der Waals surface area (Å²) >= 11 is 1.64. The SMILES string of the molecule is CN(C)CCNC(=O)CCN1C(=O)CS[C@@H]1c1ccc(C(C)(C)C)cc1. The second kappa shape index (κ2) is 8.91. The van der Waals surface area contributed by atoms with Crippen molar-refractivity contribution in [3.05, 3.63) is 35.4 Å². The highest BCUT2D eigenvalue weighted by molar-refractivity contribution is 8.00. The number of nitrogens with zero attached hydrogens (tertiary/aromatic N) is 2. The van der Waals surface area contributed by atoms with Gasteiger partial charge in [0.25, 0.3) is 0 Å². The molecule has 1 aromatic rings. The van der Waals surface area contributed by atoms with E-state index >= 15 is 0 Å². The van der Waals surface area contributed by atoms with Gasteiger partial charge in [0.15, 0.2) is 0 Å². The monoisotopic (exact) mass is 377 g/mol. The lowest BCUT2D eigenvalue weighted by Crippen LogP contribution is -2.35. The average molecular weight is 378 g/mol.